The fourth-order valence-corrected chi connectivity index (χ4v) is 7.62. The fourth-order valence-electron chi connectivity index (χ4n) is 7.62. The minimum atomic E-state index is -0.408. The zero-order chi connectivity index (χ0) is 16.8. The van der Waals surface area contributed by atoms with Crippen molar-refractivity contribution < 1.29 is 9.90 Å². The molecule has 7 atom stereocenters. The first-order valence-electron chi connectivity index (χ1n) is 10.2. The number of aliphatic hydroxyl groups is 1. The van der Waals surface area contributed by atoms with Gasteiger partial charge in [-0.05, 0) is 73.8 Å². The SMILES string of the molecule is O=C1[C@@H]2CCc3ccccc3[C@@H]2CN1C1[C@@H]2CC3C[C@H]1CC(O)(C3)C2. The maximum absolute atomic E-state index is 13.3. The van der Waals surface area contributed by atoms with E-state index in [0.29, 0.717) is 35.6 Å². The molecule has 4 saturated carbocycles. The molecule has 5 aliphatic carbocycles. The molecule has 0 aromatic heterocycles. The molecule has 5 fully saturated rings. The number of rotatable bonds is 1. The van der Waals surface area contributed by atoms with Crippen LogP contribution in [0.25, 0.3) is 0 Å². The van der Waals surface area contributed by atoms with Crippen molar-refractivity contribution >= 4 is 5.91 Å². The summed E-state index contributed by atoms with van der Waals surface area (Å²) >= 11 is 0. The van der Waals surface area contributed by atoms with Crippen molar-refractivity contribution in [2.24, 2.45) is 23.7 Å². The lowest BCUT2D eigenvalue weighted by molar-refractivity contribution is -0.168. The van der Waals surface area contributed by atoms with E-state index < -0.39 is 5.60 Å². The van der Waals surface area contributed by atoms with Crippen LogP contribution in [0.1, 0.15) is 55.6 Å². The summed E-state index contributed by atoms with van der Waals surface area (Å²) in [4.78, 5) is 15.6. The van der Waals surface area contributed by atoms with Crippen molar-refractivity contribution in [3.63, 3.8) is 0 Å². The highest BCUT2D eigenvalue weighted by molar-refractivity contribution is 5.83. The van der Waals surface area contributed by atoms with Crippen molar-refractivity contribution in [3.05, 3.63) is 35.4 Å². The summed E-state index contributed by atoms with van der Waals surface area (Å²) in [7, 11) is 0. The Morgan fingerprint density at radius 1 is 1.04 bits per heavy atom. The third-order valence-electron chi connectivity index (χ3n) is 8.21. The largest absolute Gasteiger partial charge is 0.390 e. The van der Waals surface area contributed by atoms with Crippen LogP contribution >= 0.6 is 0 Å². The number of likely N-dealkylation sites (tertiary alicyclic amines) is 1. The molecule has 1 aromatic rings. The highest BCUT2D eigenvalue weighted by Crippen LogP contribution is 2.58. The lowest BCUT2D eigenvalue weighted by Crippen LogP contribution is -2.62. The maximum Gasteiger partial charge on any atom is 0.226 e. The summed E-state index contributed by atoms with van der Waals surface area (Å²) in [6.07, 6.45) is 7.42. The Kier molecular flexibility index (Phi) is 2.88. The molecule has 0 spiro atoms. The molecule has 132 valence electrons. The van der Waals surface area contributed by atoms with Crippen LogP contribution in [0.5, 0.6) is 0 Å². The van der Waals surface area contributed by atoms with Crippen molar-refractivity contribution in [2.45, 2.75) is 62.5 Å². The molecule has 4 bridgehead atoms. The van der Waals surface area contributed by atoms with E-state index in [9.17, 15) is 9.90 Å². The Bertz CT molecular complexity index is 727. The molecule has 7 rings (SSSR count). The molecule has 3 unspecified atom stereocenters. The van der Waals surface area contributed by atoms with Crippen LogP contribution in [0.2, 0.25) is 0 Å². The van der Waals surface area contributed by atoms with E-state index in [0.717, 1.165) is 38.6 Å². The summed E-state index contributed by atoms with van der Waals surface area (Å²) in [5.41, 5.74) is 2.48. The topological polar surface area (TPSA) is 40.5 Å². The van der Waals surface area contributed by atoms with Gasteiger partial charge in [-0.1, -0.05) is 24.3 Å². The molecule has 6 aliphatic rings. The third kappa shape index (κ3) is 1.99. The van der Waals surface area contributed by atoms with Crippen molar-refractivity contribution in [1.82, 2.24) is 4.90 Å². The minimum absolute atomic E-state index is 0.204. The van der Waals surface area contributed by atoms with Gasteiger partial charge >= 0.3 is 0 Å². The van der Waals surface area contributed by atoms with Gasteiger partial charge in [0, 0.05) is 24.4 Å². The Morgan fingerprint density at radius 2 is 1.80 bits per heavy atom. The number of hydrogen-bond acceptors (Lipinski definition) is 2. The second-order valence-electron chi connectivity index (χ2n) is 9.63. The quantitative estimate of drug-likeness (QED) is 0.855. The Morgan fingerprint density at radius 3 is 2.56 bits per heavy atom. The maximum atomic E-state index is 13.3. The van der Waals surface area contributed by atoms with Crippen molar-refractivity contribution in [3.8, 4) is 0 Å². The van der Waals surface area contributed by atoms with E-state index in [4.69, 9.17) is 0 Å². The summed E-state index contributed by atoms with van der Waals surface area (Å²) in [5.74, 6) is 2.81. The van der Waals surface area contributed by atoms with Crippen LogP contribution < -0.4 is 0 Å². The molecular weight excluding hydrogens is 310 g/mol. The van der Waals surface area contributed by atoms with Gasteiger partial charge in [0.25, 0.3) is 0 Å². The highest BCUT2D eigenvalue weighted by atomic mass is 16.3. The molecular formula is C22H27NO2. The first kappa shape index (κ1) is 14.8. The molecule has 3 heteroatoms. The van der Waals surface area contributed by atoms with Gasteiger partial charge in [-0.3, -0.25) is 4.79 Å². The van der Waals surface area contributed by atoms with Gasteiger partial charge in [-0.25, -0.2) is 0 Å². The normalized spacial score (nSPS) is 47.1. The number of hydrogen-bond donors (Lipinski definition) is 1. The predicted molar refractivity (Wildman–Crippen MR) is 95.0 cm³/mol. The van der Waals surface area contributed by atoms with Crippen molar-refractivity contribution in [1.29, 1.82) is 0 Å². The number of nitrogens with zero attached hydrogens (tertiary/aromatic N) is 1. The third-order valence-corrected chi connectivity index (χ3v) is 8.21. The van der Waals surface area contributed by atoms with E-state index in [1.165, 1.54) is 24.0 Å². The van der Waals surface area contributed by atoms with Crippen molar-refractivity contribution in [2.75, 3.05) is 6.54 Å². The van der Waals surface area contributed by atoms with Crippen LogP contribution in [0.15, 0.2) is 24.3 Å². The van der Waals surface area contributed by atoms with E-state index in [2.05, 4.69) is 29.2 Å². The van der Waals surface area contributed by atoms with Gasteiger partial charge in [0.05, 0.1) is 5.60 Å². The molecule has 0 radical (unpaired) electrons. The Balaban J connectivity index is 1.33. The second kappa shape index (κ2) is 4.88. The molecule has 3 nitrogen and oxygen atoms in total. The zero-order valence-corrected chi connectivity index (χ0v) is 14.7. The van der Waals surface area contributed by atoms with Crippen LogP contribution in [0, 0.1) is 23.7 Å². The molecule has 1 aromatic carbocycles. The summed E-state index contributed by atoms with van der Waals surface area (Å²) < 4.78 is 0. The number of aryl methyl sites for hydroxylation is 1. The minimum Gasteiger partial charge on any atom is -0.390 e. The lowest BCUT2D eigenvalue weighted by Gasteiger charge is -2.59. The molecule has 1 amide bonds. The standard InChI is InChI=1S/C22H27NO2/c24-21-18-6-5-14-3-1-2-4-17(14)19(18)12-23(21)20-15-7-13-8-16(20)11-22(25,9-13)10-15/h1-4,13,15-16,18-20,25H,5-12H2/t13?,15-,16+,18-,19+,20?,22?/m1/s1. The molecule has 1 heterocycles. The van der Waals surface area contributed by atoms with Crippen LogP contribution in [0.3, 0.4) is 0 Å². The number of amides is 1. The smallest absolute Gasteiger partial charge is 0.226 e. The molecule has 25 heavy (non-hydrogen) atoms. The Labute approximate surface area is 149 Å². The first-order valence-corrected chi connectivity index (χ1v) is 10.2. The number of benzene rings is 1. The van der Waals surface area contributed by atoms with E-state index in [-0.39, 0.29) is 5.92 Å². The van der Waals surface area contributed by atoms with Gasteiger partial charge in [0.15, 0.2) is 0 Å². The van der Waals surface area contributed by atoms with E-state index in [1.807, 2.05) is 0 Å². The van der Waals surface area contributed by atoms with Gasteiger partial charge in [0.1, 0.15) is 0 Å². The lowest BCUT2D eigenvalue weighted by atomic mass is 9.52. The van der Waals surface area contributed by atoms with Gasteiger partial charge < -0.3 is 10.0 Å². The highest BCUT2D eigenvalue weighted by Gasteiger charge is 2.58. The fraction of sp³-hybridized carbons (Fsp3) is 0.682. The zero-order valence-electron chi connectivity index (χ0n) is 14.7. The van der Waals surface area contributed by atoms with E-state index in [1.54, 1.807) is 0 Å². The van der Waals surface area contributed by atoms with Gasteiger partial charge in [-0.15, -0.1) is 0 Å². The second-order valence-corrected chi connectivity index (χ2v) is 9.63. The van der Waals surface area contributed by atoms with Crippen LogP contribution in [0.4, 0.5) is 0 Å². The molecule has 1 N–H and O–H groups in total. The van der Waals surface area contributed by atoms with Crippen LogP contribution in [-0.4, -0.2) is 34.1 Å². The van der Waals surface area contributed by atoms with Gasteiger partial charge in [-0.2, -0.15) is 0 Å². The number of carbonyl (C=O) groups excluding carboxylic acids is 1. The predicted octanol–water partition coefficient (Wildman–Crippen LogP) is 3.11. The van der Waals surface area contributed by atoms with Crippen LogP contribution in [-0.2, 0) is 11.2 Å². The van der Waals surface area contributed by atoms with Gasteiger partial charge in [0.2, 0.25) is 5.91 Å². The average molecular weight is 337 g/mol. The molecule has 1 aliphatic heterocycles. The summed E-state index contributed by atoms with van der Waals surface area (Å²) in [5, 5.41) is 10.9. The summed E-state index contributed by atoms with van der Waals surface area (Å²) in [6.45, 7) is 0.918. The van der Waals surface area contributed by atoms with E-state index >= 15 is 0 Å². The number of fused-ring (bicyclic) bond motifs is 3. The average Bonchev–Trinajstić information content (AvgIpc) is 2.90. The number of carbonyl (C=O) groups is 1. The summed E-state index contributed by atoms with van der Waals surface area (Å²) in [6, 6.07) is 9.17. The molecule has 1 saturated heterocycles. The monoisotopic (exact) mass is 337 g/mol. The Hall–Kier alpha value is -1.35. The first-order chi connectivity index (χ1) is 12.1.